The van der Waals surface area contributed by atoms with E-state index in [4.69, 9.17) is 0 Å². The summed E-state index contributed by atoms with van der Waals surface area (Å²) in [5, 5.41) is 3.20. The van der Waals surface area contributed by atoms with Crippen molar-refractivity contribution in [2.75, 3.05) is 19.6 Å². The maximum absolute atomic E-state index is 12.2. The highest BCUT2D eigenvalue weighted by atomic mass is 32.2. The predicted molar refractivity (Wildman–Crippen MR) is 75.1 cm³/mol. The molecule has 3 rings (SSSR count). The molecule has 1 aliphatic rings. The van der Waals surface area contributed by atoms with Crippen LogP contribution in [0.2, 0.25) is 0 Å². The summed E-state index contributed by atoms with van der Waals surface area (Å²) in [6, 6.07) is 4.53. The zero-order valence-electron chi connectivity index (χ0n) is 10.8. The molecule has 1 fully saturated rings. The fourth-order valence-corrected chi connectivity index (χ4v) is 3.52. The van der Waals surface area contributed by atoms with Gasteiger partial charge in [-0.05, 0) is 43.6 Å². The second kappa shape index (κ2) is 5.04. The first-order chi connectivity index (χ1) is 9.54. The van der Waals surface area contributed by atoms with Gasteiger partial charge in [-0.2, -0.15) is 0 Å². The van der Waals surface area contributed by atoms with Gasteiger partial charge in [0.2, 0.25) is 10.0 Å². The van der Waals surface area contributed by atoms with Gasteiger partial charge in [0.15, 0.2) is 0 Å². The van der Waals surface area contributed by atoms with E-state index in [-0.39, 0.29) is 10.6 Å². The van der Waals surface area contributed by atoms with E-state index in [2.05, 4.69) is 20.0 Å². The van der Waals surface area contributed by atoms with Crippen molar-refractivity contribution in [2.24, 2.45) is 5.92 Å². The SMILES string of the molecule is O=c1[nH]c2ccc(S(=O)(=O)NCC3CCNC3)cc2[nH]1. The number of benzene rings is 1. The van der Waals surface area contributed by atoms with Crippen LogP contribution in [0, 0.1) is 5.92 Å². The van der Waals surface area contributed by atoms with E-state index in [1.165, 1.54) is 12.1 Å². The molecule has 2 aromatic rings. The van der Waals surface area contributed by atoms with E-state index >= 15 is 0 Å². The van der Waals surface area contributed by atoms with Crippen LogP contribution in [-0.4, -0.2) is 38.0 Å². The molecule has 0 spiro atoms. The Balaban J connectivity index is 1.82. The molecule has 108 valence electrons. The number of imidazole rings is 1. The van der Waals surface area contributed by atoms with Crippen LogP contribution in [0.25, 0.3) is 11.0 Å². The van der Waals surface area contributed by atoms with Crippen molar-refractivity contribution in [2.45, 2.75) is 11.3 Å². The Morgan fingerprint density at radius 1 is 1.25 bits per heavy atom. The van der Waals surface area contributed by atoms with Crippen LogP contribution in [0.5, 0.6) is 0 Å². The molecule has 20 heavy (non-hydrogen) atoms. The molecule has 1 atom stereocenters. The van der Waals surface area contributed by atoms with E-state index in [9.17, 15) is 13.2 Å². The third kappa shape index (κ3) is 2.62. The number of hydrogen-bond donors (Lipinski definition) is 4. The summed E-state index contributed by atoms with van der Waals surface area (Å²) in [7, 11) is -3.54. The molecule has 2 heterocycles. The van der Waals surface area contributed by atoms with Gasteiger partial charge < -0.3 is 15.3 Å². The highest BCUT2D eigenvalue weighted by Crippen LogP contribution is 2.15. The van der Waals surface area contributed by atoms with Crippen molar-refractivity contribution >= 4 is 21.1 Å². The third-order valence-electron chi connectivity index (χ3n) is 3.52. The van der Waals surface area contributed by atoms with Gasteiger partial charge in [0.1, 0.15) is 0 Å². The molecule has 0 aliphatic carbocycles. The molecule has 1 unspecified atom stereocenters. The van der Waals surface area contributed by atoms with Gasteiger partial charge in [0.05, 0.1) is 15.9 Å². The Bertz CT molecular complexity index is 771. The Kier molecular flexibility index (Phi) is 3.36. The summed E-state index contributed by atoms with van der Waals surface area (Å²) in [6.45, 7) is 2.20. The van der Waals surface area contributed by atoms with Crippen molar-refractivity contribution in [1.29, 1.82) is 0 Å². The normalized spacial score (nSPS) is 19.7. The molecule has 8 heteroatoms. The number of sulfonamides is 1. The molecule has 1 aromatic carbocycles. The monoisotopic (exact) mass is 296 g/mol. The Hall–Kier alpha value is -1.64. The lowest BCUT2D eigenvalue weighted by molar-refractivity contribution is 0.539. The largest absolute Gasteiger partial charge is 0.323 e. The number of aromatic nitrogens is 2. The van der Waals surface area contributed by atoms with E-state index < -0.39 is 10.0 Å². The van der Waals surface area contributed by atoms with E-state index in [0.29, 0.717) is 23.5 Å². The second-order valence-corrected chi connectivity index (χ2v) is 6.76. The molecule has 1 aromatic heterocycles. The number of aromatic amines is 2. The maximum atomic E-state index is 12.2. The molecule has 0 saturated carbocycles. The zero-order valence-corrected chi connectivity index (χ0v) is 11.6. The maximum Gasteiger partial charge on any atom is 0.323 e. The van der Waals surface area contributed by atoms with E-state index in [0.717, 1.165) is 19.5 Å². The smallest absolute Gasteiger partial charge is 0.316 e. The van der Waals surface area contributed by atoms with E-state index in [1.807, 2.05) is 0 Å². The molecular weight excluding hydrogens is 280 g/mol. The number of H-pyrrole nitrogens is 2. The van der Waals surface area contributed by atoms with Crippen molar-refractivity contribution in [3.8, 4) is 0 Å². The fourth-order valence-electron chi connectivity index (χ4n) is 2.38. The lowest BCUT2D eigenvalue weighted by Gasteiger charge is -2.10. The van der Waals surface area contributed by atoms with Crippen LogP contribution < -0.4 is 15.7 Å². The zero-order chi connectivity index (χ0) is 14.2. The molecule has 7 nitrogen and oxygen atoms in total. The highest BCUT2D eigenvalue weighted by Gasteiger charge is 2.19. The third-order valence-corrected chi connectivity index (χ3v) is 4.94. The highest BCUT2D eigenvalue weighted by molar-refractivity contribution is 7.89. The standard InChI is InChI=1S/C12H16N4O3S/c17-12-15-10-2-1-9(5-11(10)16-12)20(18,19)14-7-8-3-4-13-6-8/h1-2,5,8,13-14H,3-4,6-7H2,(H2,15,16,17). The minimum absolute atomic E-state index is 0.159. The quantitative estimate of drug-likeness (QED) is 0.624. The molecule has 1 aliphatic heterocycles. The molecule has 0 radical (unpaired) electrons. The van der Waals surface area contributed by atoms with Crippen LogP contribution >= 0.6 is 0 Å². The number of rotatable bonds is 4. The summed E-state index contributed by atoms with van der Waals surface area (Å²) in [5.74, 6) is 0.334. The average Bonchev–Trinajstić information content (AvgIpc) is 3.03. The first kappa shape index (κ1) is 13.3. The van der Waals surface area contributed by atoms with Crippen LogP contribution in [0.15, 0.2) is 27.9 Å². The molecule has 1 saturated heterocycles. The van der Waals surface area contributed by atoms with Gasteiger partial charge in [0.25, 0.3) is 0 Å². The number of nitrogens with one attached hydrogen (secondary N) is 4. The van der Waals surface area contributed by atoms with Crippen LogP contribution in [-0.2, 0) is 10.0 Å². The van der Waals surface area contributed by atoms with Gasteiger partial charge in [-0.25, -0.2) is 17.9 Å². The Labute approximate surface area is 115 Å². The van der Waals surface area contributed by atoms with Gasteiger partial charge >= 0.3 is 5.69 Å². The summed E-state index contributed by atoms with van der Waals surface area (Å²) < 4.78 is 27.0. The first-order valence-electron chi connectivity index (χ1n) is 6.47. The van der Waals surface area contributed by atoms with Crippen LogP contribution in [0.4, 0.5) is 0 Å². The summed E-state index contributed by atoms with van der Waals surface area (Å²) in [4.78, 5) is 16.5. The molecule has 4 N–H and O–H groups in total. The topological polar surface area (TPSA) is 107 Å². The van der Waals surface area contributed by atoms with Crippen molar-refractivity contribution in [1.82, 2.24) is 20.0 Å². The number of hydrogen-bond acceptors (Lipinski definition) is 4. The summed E-state index contributed by atoms with van der Waals surface area (Å²) in [6.07, 6.45) is 0.979. The second-order valence-electron chi connectivity index (χ2n) is 5.00. The lowest BCUT2D eigenvalue weighted by atomic mass is 10.1. The Morgan fingerprint density at radius 3 is 2.80 bits per heavy atom. The van der Waals surface area contributed by atoms with Gasteiger partial charge in [0, 0.05) is 6.54 Å². The minimum atomic E-state index is -3.54. The lowest BCUT2D eigenvalue weighted by Crippen LogP contribution is -2.30. The van der Waals surface area contributed by atoms with Gasteiger partial charge in [-0.1, -0.05) is 0 Å². The van der Waals surface area contributed by atoms with Gasteiger partial charge in [-0.15, -0.1) is 0 Å². The fraction of sp³-hybridized carbons (Fsp3) is 0.417. The van der Waals surface area contributed by atoms with Crippen LogP contribution in [0.3, 0.4) is 0 Å². The van der Waals surface area contributed by atoms with Crippen molar-refractivity contribution in [3.63, 3.8) is 0 Å². The first-order valence-corrected chi connectivity index (χ1v) is 7.95. The minimum Gasteiger partial charge on any atom is -0.316 e. The number of fused-ring (bicyclic) bond motifs is 1. The summed E-state index contributed by atoms with van der Waals surface area (Å²) >= 11 is 0. The predicted octanol–water partition coefficient (Wildman–Crippen LogP) is -0.256. The molecule has 0 bridgehead atoms. The Morgan fingerprint density at radius 2 is 2.05 bits per heavy atom. The molecule has 0 amide bonds. The molecular formula is C12H16N4O3S. The van der Waals surface area contributed by atoms with Gasteiger partial charge in [-0.3, -0.25) is 0 Å². The van der Waals surface area contributed by atoms with Crippen LogP contribution in [0.1, 0.15) is 6.42 Å². The van der Waals surface area contributed by atoms with E-state index in [1.54, 1.807) is 6.07 Å². The van der Waals surface area contributed by atoms with Crippen molar-refractivity contribution in [3.05, 3.63) is 28.7 Å². The van der Waals surface area contributed by atoms with Crippen molar-refractivity contribution < 1.29 is 8.42 Å². The average molecular weight is 296 g/mol. The summed E-state index contributed by atoms with van der Waals surface area (Å²) in [5.41, 5.74) is 0.730.